The van der Waals surface area contributed by atoms with E-state index in [0.29, 0.717) is 0 Å². The number of rotatable bonds is 1. The topological polar surface area (TPSA) is 28.7 Å². The molecular weight excluding hydrogens is 168 g/mol. The van der Waals surface area contributed by atoms with Gasteiger partial charge >= 0.3 is 0 Å². The second-order valence-corrected chi connectivity index (χ2v) is 3.12. The number of hydrogen-bond donors (Lipinski definition) is 1. The van der Waals surface area contributed by atoms with Gasteiger partial charge in [-0.25, -0.2) is 0 Å². The minimum Gasteiger partial charge on any atom is -0.285 e. The molecule has 0 radical (unpaired) electrons. The van der Waals surface area contributed by atoms with Crippen LogP contribution in [0, 0.1) is 0 Å². The molecule has 2 rings (SSSR count). The molecule has 12 heavy (non-hydrogen) atoms. The summed E-state index contributed by atoms with van der Waals surface area (Å²) < 4.78 is 0. The summed E-state index contributed by atoms with van der Waals surface area (Å²) in [5.41, 5.74) is 2.19. The standard InChI is InChI=1S/C9H8N2S/c12-9-4-2-1-3-8(9)7-5-10-11-6-7/h1-3,5-6H,4H2,(H,10,11). The molecule has 60 valence electrons. The van der Waals surface area contributed by atoms with Gasteiger partial charge in [0.2, 0.25) is 0 Å². The van der Waals surface area contributed by atoms with E-state index in [1.165, 1.54) is 0 Å². The van der Waals surface area contributed by atoms with Gasteiger partial charge in [-0.05, 0) is 5.57 Å². The zero-order valence-corrected chi connectivity index (χ0v) is 7.27. The molecular formula is C9H8N2S. The lowest BCUT2D eigenvalue weighted by atomic mass is 10.0. The summed E-state index contributed by atoms with van der Waals surface area (Å²) in [4.78, 5) is 0.985. The molecule has 0 aromatic carbocycles. The normalized spacial score (nSPS) is 16.3. The van der Waals surface area contributed by atoms with Crippen molar-refractivity contribution in [3.8, 4) is 0 Å². The van der Waals surface area contributed by atoms with Crippen LogP contribution in [-0.4, -0.2) is 15.1 Å². The first-order valence-electron chi connectivity index (χ1n) is 3.77. The lowest BCUT2D eigenvalue weighted by Gasteiger charge is -2.07. The van der Waals surface area contributed by atoms with Gasteiger partial charge in [0, 0.05) is 23.0 Å². The predicted molar refractivity (Wildman–Crippen MR) is 52.9 cm³/mol. The maximum Gasteiger partial charge on any atom is 0.0566 e. The highest BCUT2D eigenvalue weighted by molar-refractivity contribution is 7.81. The number of allylic oxidation sites excluding steroid dienone is 4. The molecule has 0 bridgehead atoms. The van der Waals surface area contributed by atoms with Gasteiger partial charge in [0.1, 0.15) is 0 Å². The minimum absolute atomic E-state index is 0.867. The summed E-state index contributed by atoms with van der Waals surface area (Å²) in [5, 5.41) is 6.66. The van der Waals surface area contributed by atoms with Crippen molar-refractivity contribution in [1.29, 1.82) is 0 Å². The van der Waals surface area contributed by atoms with Crippen LogP contribution in [0.1, 0.15) is 12.0 Å². The Labute approximate surface area is 76.0 Å². The van der Waals surface area contributed by atoms with E-state index in [1.807, 2.05) is 18.3 Å². The summed E-state index contributed by atoms with van der Waals surface area (Å²) in [6.45, 7) is 0. The van der Waals surface area contributed by atoms with Gasteiger partial charge in [-0.3, -0.25) is 5.10 Å². The van der Waals surface area contributed by atoms with Crippen LogP contribution in [0.25, 0.3) is 5.57 Å². The predicted octanol–water partition coefficient (Wildman–Crippen LogP) is 2.12. The number of aromatic nitrogens is 2. The molecule has 0 aliphatic heterocycles. The first-order valence-corrected chi connectivity index (χ1v) is 4.18. The van der Waals surface area contributed by atoms with Crippen molar-refractivity contribution in [3.05, 3.63) is 36.2 Å². The Bertz CT molecular complexity index is 347. The average Bonchev–Trinajstić information content (AvgIpc) is 2.57. The van der Waals surface area contributed by atoms with E-state index in [2.05, 4.69) is 16.3 Å². The van der Waals surface area contributed by atoms with Crippen molar-refractivity contribution >= 4 is 22.7 Å². The number of hydrogen-bond acceptors (Lipinski definition) is 2. The SMILES string of the molecule is S=C1CC=CC=C1c1cn[nH]c1. The first-order chi connectivity index (χ1) is 5.88. The minimum atomic E-state index is 0.867. The van der Waals surface area contributed by atoms with Crippen LogP contribution < -0.4 is 0 Å². The van der Waals surface area contributed by atoms with Gasteiger partial charge in [0.05, 0.1) is 6.20 Å². The quantitative estimate of drug-likeness (QED) is 0.664. The molecule has 2 nitrogen and oxygen atoms in total. The smallest absolute Gasteiger partial charge is 0.0566 e. The van der Waals surface area contributed by atoms with E-state index in [0.717, 1.165) is 22.4 Å². The van der Waals surface area contributed by atoms with Crippen LogP contribution in [0.5, 0.6) is 0 Å². The van der Waals surface area contributed by atoms with Gasteiger partial charge in [-0.1, -0.05) is 30.4 Å². The first kappa shape index (κ1) is 7.43. The highest BCUT2D eigenvalue weighted by Gasteiger charge is 2.08. The monoisotopic (exact) mass is 176 g/mol. The zero-order valence-electron chi connectivity index (χ0n) is 6.45. The van der Waals surface area contributed by atoms with Crippen molar-refractivity contribution in [2.45, 2.75) is 6.42 Å². The summed E-state index contributed by atoms with van der Waals surface area (Å²) in [6.07, 6.45) is 10.6. The van der Waals surface area contributed by atoms with Crippen LogP contribution >= 0.6 is 12.2 Å². The van der Waals surface area contributed by atoms with E-state index in [9.17, 15) is 0 Å². The molecule has 1 aromatic heterocycles. The van der Waals surface area contributed by atoms with E-state index in [-0.39, 0.29) is 0 Å². The summed E-state index contributed by atoms with van der Waals surface area (Å²) in [7, 11) is 0. The number of thiocarbonyl (C=S) groups is 1. The third-order valence-electron chi connectivity index (χ3n) is 1.81. The third kappa shape index (κ3) is 1.23. The Balaban J connectivity index is 2.40. The Hall–Kier alpha value is -1.22. The largest absolute Gasteiger partial charge is 0.285 e. The lowest BCUT2D eigenvalue weighted by Crippen LogP contribution is -1.99. The second-order valence-electron chi connectivity index (χ2n) is 2.62. The van der Waals surface area contributed by atoms with Crippen LogP contribution in [0.2, 0.25) is 0 Å². The highest BCUT2D eigenvalue weighted by Crippen LogP contribution is 2.20. The molecule has 1 heterocycles. The molecule has 3 heteroatoms. The van der Waals surface area contributed by atoms with Gasteiger partial charge in [-0.2, -0.15) is 5.10 Å². The number of aromatic amines is 1. The van der Waals surface area contributed by atoms with Crippen LogP contribution in [0.3, 0.4) is 0 Å². The molecule has 0 fully saturated rings. The molecule has 0 unspecified atom stereocenters. The Morgan fingerprint density at radius 3 is 3.08 bits per heavy atom. The van der Waals surface area contributed by atoms with Gasteiger partial charge in [-0.15, -0.1) is 0 Å². The number of nitrogens with one attached hydrogen (secondary N) is 1. The molecule has 0 saturated heterocycles. The number of H-pyrrole nitrogens is 1. The maximum absolute atomic E-state index is 5.21. The highest BCUT2D eigenvalue weighted by atomic mass is 32.1. The van der Waals surface area contributed by atoms with Crippen LogP contribution in [0.4, 0.5) is 0 Å². The van der Waals surface area contributed by atoms with E-state index < -0.39 is 0 Å². The fraction of sp³-hybridized carbons (Fsp3) is 0.111. The lowest BCUT2D eigenvalue weighted by molar-refractivity contribution is 1.09. The maximum atomic E-state index is 5.21. The molecule has 1 N–H and O–H groups in total. The fourth-order valence-corrected chi connectivity index (χ4v) is 1.48. The average molecular weight is 176 g/mol. The van der Waals surface area contributed by atoms with Crippen molar-refractivity contribution in [2.24, 2.45) is 0 Å². The molecule has 0 saturated carbocycles. The van der Waals surface area contributed by atoms with Gasteiger partial charge < -0.3 is 0 Å². The fourth-order valence-electron chi connectivity index (χ4n) is 1.20. The van der Waals surface area contributed by atoms with Crippen molar-refractivity contribution < 1.29 is 0 Å². The van der Waals surface area contributed by atoms with Crippen molar-refractivity contribution in [2.75, 3.05) is 0 Å². The molecule has 0 spiro atoms. The number of nitrogens with zero attached hydrogens (tertiary/aromatic N) is 1. The summed E-state index contributed by atoms with van der Waals surface area (Å²) in [6, 6.07) is 0. The summed E-state index contributed by atoms with van der Waals surface area (Å²) in [5.74, 6) is 0. The molecule has 1 aliphatic rings. The molecule has 0 amide bonds. The molecule has 1 aliphatic carbocycles. The van der Waals surface area contributed by atoms with E-state index >= 15 is 0 Å². The zero-order chi connectivity index (χ0) is 8.39. The Morgan fingerprint density at radius 1 is 1.50 bits per heavy atom. The van der Waals surface area contributed by atoms with Crippen LogP contribution in [-0.2, 0) is 0 Å². The van der Waals surface area contributed by atoms with E-state index in [1.54, 1.807) is 6.20 Å². The van der Waals surface area contributed by atoms with Crippen molar-refractivity contribution in [3.63, 3.8) is 0 Å². The third-order valence-corrected chi connectivity index (χ3v) is 2.20. The molecule has 0 atom stereocenters. The Morgan fingerprint density at radius 2 is 2.42 bits per heavy atom. The van der Waals surface area contributed by atoms with Gasteiger partial charge in [0.25, 0.3) is 0 Å². The van der Waals surface area contributed by atoms with Crippen LogP contribution in [0.15, 0.2) is 30.6 Å². The van der Waals surface area contributed by atoms with Gasteiger partial charge in [0.15, 0.2) is 0 Å². The van der Waals surface area contributed by atoms with Crippen molar-refractivity contribution in [1.82, 2.24) is 10.2 Å². The van der Waals surface area contributed by atoms with E-state index in [4.69, 9.17) is 12.2 Å². The Kier molecular flexibility index (Phi) is 1.87. The second kappa shape index (κ2) is 3.03. The molecule has 1 aromatic rings. The summed E-state index contributed by atoms with van der Waals surface area (Å²) >= 11 is 5.21.